The van der Waals surface area contributed by atoms with Gasteiger partial charge in [-0.2, -0.15) is 0 Å². The van der Waals surface area contributed by atoms with Crippen LogP contribution in [0, 0.1) is 13.8 Å². The molecule has 0 spiro atoms. The maximum absolute atomic E-state index is 3.72. The first-order valence-corrected chi connectivity index (χ1v) is 9.18. The zero-order valence-electron chi connectivity index (χ0n) is 12.0. The largest absolute Gasteiger partial charge is 0.306 e. The lowest BCUT2D eigenvalue weighted by Crippen LogP contribution is -2.22. The molecular weight excluding hydrogens is 398 g/mol. The molecule has 1 atom stereocenters. The molecule has 0 radical (unpaired) electrons. The smallest absolute Gasteiger partial charge is 0.0731 e. The summed E-state index contributed by atoms with van der Waals surface area (Å²) in [7, 11) is 0. The second-order valence-electron chi connectivity index (χ2n) is 5.02. The van der Waals surface area contributed by atoms with Crippen LogP contribution in [0.5, 0.6) is 0 Å². The minimum atomic E-state index is 0.250. The highest BCUT2D eigenvalue weighted by Gasteiger charge is 2.19. The number of rotatable bonds is 5. The van der Waals surface area contributed by atoms with Crippen LogP contribution in [0.15, 0.2) is 32.5 Å². The van der Waals surface area contributed by atoms with Crippen LogP contribution in [0.4, 0.5) is 0 Å². The van der Waals surface area contributed by atoms with Gasteiger partial charge in [0.25, 0.3) is 0 Å². The van der Waals surface area contributed by atoms with Crippen molar-refractivity contribution in [1.29, 1.82) is 0 Å². The van der Waals surface area contributed by atoms with Gasteiger partial charge in [0.2, 0.25) is 0 Å². The summed E-state index contributed by atoms with van der Waals surface area (Å²) in [5.41, 5.74) is 3.88. The highest BCUT2D eigenvalue weighted by atomic mass is 79.9. The number of hydrogen-bond donors (Lipinski definition) is 1. The lowest BCUT2D eigenvalue weighted by Gasteiger charge is -2.19. The molecule has 20 heavy (non-hydrogen) atoms. The van der Waals surface area contributed by atoms with Crippen LogP contribution >= 0.6 is 43.2 Å². The highest BCUT2D eigenvalue weighted by Crippen LogP contribution is 2.36. The zero-order valence-corrected chi connectivity index (χ0v) is 16.0. The summed E-state index contributed by atoms with van der Waals surface area (Å²) in [4.78, 5) is 1.35. The van der Waals surface area contributed by atoms with Crippen molar-refractivity contribution in [3.05, 3.63) is 54.1 Å². The lowest BCUT2D eigenvalue weighted by molar-refractivity contribution is 0.604. The molecule has 0 amide bonds. The summed E-state index contributed by atoms with van der Waals surface area (Å²) >= 11 is 9.16. The summed E-state index contributed by atoms with van der Waals surface area (Å²) in [5.74, 6) is 0. The predicted octanol–water partition coefficient (Wildman–Crippen LogP) is 5.98. The minimum absolute atomic E-state index is 0.250. The third-order valence-electron chi connectivity index (χ3n) is 3.23. The van der Waals surface area contributed by atoms with Crippen LogP contribution in [-0.4, -0.2) is 6.54 Å². The van der Waals surface area contributed by atoms with Gasteiger partial charge in [0.05, 0.1) is 9.83 Å². The van der Waals surface area contributed by atoms with Crippen molar-refractivity contribution in [3.63, 3.8) is 0 Å². The number of thiophene rings is 1. The molecule has 0 aliphatic rings. The normalized spacial score (nSPS) is 12.7. The molecule has 1 nitrogen and oxygen atoms in total. The number of hydrogen-bond acceptors (Lipinski definition) is 2. The average Bonchev–Trinajstić information content (AvgIpc) is 2.72. The molecule has 0 saturated heterocycles. The first-order valence-electron chi connectivity index (χ1n) is 6.78. The fourth-order valence-electron chi connectivity index (χ4n) is 2.14. The van der Waals surface area contributed by atoms with Crippen LogP contribution in [0.25, 0.3) is 0 Å². The second-order valence-corrected chi connectivity index (χ2v) is 8.27. The Morgan fingerprint density at radius 2 is 1.95 bits per heavy atom. The third-order valence-corrected chi connectivity index (χ3v) is 6.11. The summed E-state index contributed by atoms with van der Waals surface area (Å²) < 4.78 is 2.40. The molecule has 1 heterocycles. The molecule has 0 saturated carbocycles. The topological polar surface area (TPSA) is 12.0 Å². The van der Waals surface area contributed by atoms with E-state index in [2.05, 4.69) is 82.2 Å². The Balaban J connectivity index is 2.41. The predicted molar refractivity (Wildman–Crippen MR) is 95.8 cm³/mol. The Kier molecular flexibility index (Phi) is 5.84. The van der Waals surface area contributed by atoms with E-state index in [1.54, 1.807) is 0 Å². The first-order chi connectivity index (χ1) is 9.52. The van der Waals surface area contributed by atoms with E-state index in [-0.39, 0.29) is 6.04 Å². The van der Waals surface area contributed by atoms with Crippen LogP contribution in [0.3, 0.4) is 0 Å². The van der Waals surface area contributed by atoms with Crippen LogP contribution < -0.4 is 5.32 Å². The first kappa shape index (κ1) is 16.2. The van der Waals surface area contributed by atoms with Crippen molar-refractivity contribution in [2.24, 2.45) is 0 Å². The molecule has 1 unspecified atom stereocenters. The molecule has 0 fully saturated rings. The molecule has 2 aromatic rings. The molecule has 2 rings (SSSR count). The fraction of sp³-hybridized carbons (Fsp3) is 0.375. The molecule has 4 heteroatoms. The van der Waals surface area contributed by atoms with E-state index in [1.807, 2.05) is 11.3 Å². The molecule has 1 aromatic carbocycles. The van der Waals surface area contributed by atoms with E-state index in [9.17, 15) is 0 Å². The fourth-order valence-corrected chi connectivity index (χ4v) is 4.53. The maximum atomic E-state index is 3.72. The molecule has 1 aromatic heterocycles. The van der Waals surface area contributed by atoms with Crippen molar-refractivity contribution in [2.45, 2.75) is 33.2 Å². The van der Waals surface area contributed by atoms with E-state index in [4.69, 9.17) is 0 Å². The van der Waals surface area contributed by atoms with E-state index < -0.39 is 0 Å². The third kappa shape index (κ3) is 3.73. The van der Waals surface area contributed by atoms with Gasteiger partial charge in [0.15, 0.2) is 0 Å². The van der Waals surface area contributed by atoms with Gasteiger partial charge in [-0.05, 0) is 71.6 Å². The Bertz CT molecular complexity index is 573. The summed E-state index contributed by atoms with van der Waals surface area (Å²) in [6, 6.07) is 9.10. The molecule has 0 aliphatic carbocycles. The molecule has 108 valence electrons. The second kappa shape index (κ2) is 7.21. The van der Waals surface area contributed by atoms with Crippen molar-refractivity contribution in [3.8, 4) is 0 Å². The summed E-state index contributed by atoms with van der Waals surface area (Å²) in [6.45, 7) is 7.48. The summed E-state index contributed by atoms with van der Waals surface area (Å²) in [6.07, 6.45) is 1.13. The van der Waals surface area contributed by atoms with E-state index in [0.29, 0.717) is 0 Å². The van der Waals surface area contributed by atoms with Crippen molar-refractivity contribution >= 4 is 43.2 Å². The van der Waals surface area contributed by atoms with Crippen LogP contribution in [0.1, 0.15) is 41.0 Å². The van der Waals surface area contributed by atoms with Gasteiger partial charge in [-0.1, -0.05) is 35.0 Å². The van der Waals surface area contributed by atoms with Gasteiger partial charge in [0.1, 0.15) is 0 Å². The van der Waals surface area contributed by atoms with Gasteiger partial charge < -0.3 is 5.32 Å². The number of aryl methyl sites for hydroxylation is 2. The quantitative estimate of drug-likeness (QED) is 0.632. The Labute approximate surface area is 142 Å². The van der Waals surface area contributed by atoms with Crippen molar-refractivity contribution < 1.29 is 0 Å². The van der Waals surface area contributed by atoms with Crippen molar-refractivity contribution in [2.75, 3.05) is 6.54 Å². The number of benzene rings is 1. The maximum Gasteiger partial charge on any atom is 0.0731 e. The minimum Gasteiger partial charge on any atom is -0.306 e. The van der Waals surface area contributed by atoms with E-state index in [0.717, 1.165) is 13.0 Å². The van der Waals surface area contributed by atoms with E-state index in [1.165, 1.54) is 29.8 Å². The standard InChI is InChI=1S/C16H19Br2NS/c1-4-7-19-15(14-9-11(3)16(18)20-14)12-6-5-10(2)8-13(12)17/h5-6,8-9,15,19H,4,7H2,1-3H3. The van der Waals surface area contributed by atoms with E-state index >= 15 is 0 Å². The number of nitrogens with one attached hydrogen (secondary N) is 1. The SMILES string of the molecule is CCCNC(c1cc(C)c(Br)s1)c1ccc(C)cc1Br. The Morgan fingerprint density at radius 1 is 1.20 bits per heavy atom. The molecular formula is C16H19Br2NS. The van der Waals surface area contributed by atoms with Crippen LogP contribution in [0.2, 0.25) is 0 Å². The monoisotopic (exact) mass is 415 g/mol. The van der Waals surface area contributed by atoms with Gasteiger partial charge in [0, 0.05) is 9.35 Å². The number of halogens is 2. The van der Waals surface area contributed by atoms with Gasteiger partial charge >= 0.3 is 0 Å². The molecule has 1 N–H and O–H groups in total. The molecule has 0 aliphatic heterocycles. The Hall–Kier alpha value is -0.160. The zero-order chi connectivity index (χ0) is 14.7. The molecule has 0 bridgehead atoms. The van der Waals surface area contributed by atoms with Crippen LogP contribution in [-0.2, 0) is 0 Å². The van der Waals surface area contributed by atoms with Crippen molar-refractivity contribution in [1.82, 2.24) is 5.32 Å². The highest BCUT2D eigenvalue weighted by molar-refractivity contribution is 9.11. The lowest BCUT2D eigenvalue weighted by atomic mass is 10.0. The van der Waals surface area contributed by atoms with Gasteiger partial charge in [-0.15, -0.1) is 11.3 Å². The van der Waals surface area contributed by atoms with Gasteiger partial charge in [-0.25, -0.2) is 0 Å². The Morgan fingerprint density at radius 3 is 2.50 bits per heavy atom. The average molecular weight is 417 g/mol. The van der Waals surface area contributed by atoms with Gasteiger partial charge in [-0.3, -0.25) is 0 Å². The summed E-state index contributed by atoms with van der Waals surface area (Å²) in [5, 5.41) is 3.66.